The van der Waals surface area contributed by atoms with Crippen molar-refractivity contribution in [3.05, 3.63) is 0 Å². The molecule has 246 valence electrons. The highest BCUT2D eigenvalue weighted by molar-refractivity contribution is 6.00. The SMILES string of the molecule is CCC1OC(=O)C(C)C(=O)C(C)C(O[C@@H]2O[C@H](C)C[C@H](N(C)C)[C@H]2O)C(C)(OC)CC(C)C(=O)C(C)C2CC(=O)OC12C. The Labute approximate surface area is 256 Å². The summed E-state index contributed by atoms with van der Waals surface area (Å²) < 4.78 is 30.3. The first-order valence-corrected chi connectivity index (χ1v) is 15.6. The van der Waals surface area contributed by atoms with Crippen LogP contribution in [0.1, 0.15) is 81.1 Å². The predicted octanol–water partition coefficient (Wildman–Crippen LogP) is 2.93. The number of ketones is 2. The van der Waals surface area contributed by atoms with Crippen molar-refractivity contribution in [2.24, 2.45) is 29.6 Å². The summed E-state index contributed by atoms with van der Waals surface area (Å²) in [5.74, 6) is -5.49. The third kappa shape index (κ3) is 7.01. The minimum absolute atomic E-state index is 0.0190. The molecule has 3 aliphatic heterocycles. The van der Waals surface area contributed by atoms with E-state index in [4.69, 9.17) is 23.7 Å². The van der Waals surface area contributed by atoms with Crippen molar-refractivity contribution in [1.82, 2.24) is 4.90 Å². The Kier molecular flexibility index (Phi) is 11.2. The third-order valence-corrected chi connectivity index (χ3v) is 10.3. The Morgan fingerprint density at radius 3 is 2.19 bits per heavy atom. The molecule has 0 saturated carbocycles. The zero-order valence-corrected chi connectivity index (χ0v) is 27.7. The van der Waals surface area contributed by atoms with Crippen LogP contribution in [0.2, 0.25) is 0 Å². The second-order valence-corrected chi connectivity index (χ2v) is 13.7. The first-order chi connectivity index (χ1) is 19.9. The van der Waals surface area contributed by atoms with Crippen LogP contribution in [0, 0.1) is 29.6 Å². The molecule has 0 amide bonds. The third-order valence-electron chi connectivity index (χ3n) is 10.3. The molecule has 1 N–H and O–H groups in total. The molecule has 13 atom stereocenters. The molecular weight excluding hydrogens is 558 g/mol. The lowest BCUT2D eigenvalue weighted by Crippen LogP contribution is -2.59. The number of hydrogen-bond donors (Lipinski definition) is 1. The molecule has 0 aliphatic carbocycles. The molecule has 0 aromatic rings. The highest BCUT2D eigenvalue weighted by Gasteiger charge is 2.57. The van der Waals surface area contributed by atoms with Crippen LogP contribution in [0.5, 0.6) is 0 Å². The Hall–Kier alpha value is -1.92. The lowest BCUT2D eigenvalue weighted by atomic mass is 9.70. The lowest BCUT2D eigenvalue weighted by molar-refractivity contribution is -0.295. The maximum absolute atomic E-state index is 14.0. The lowest BCUT2D eigenvalue weighted by Gasteiger charge is -2.47. The first kappa shape index (κ1) is 35.6. The van der Waals surface area contributed by atoms with Gasteiger partial charge >= 0.3 is 11.9 Å². The van der Waals surface area contributed by atoms with Crippen molar-refractivity contribution in [2.75, 3.05) is 21.2 Å². The maximum Gasteiger partial charge on any atom is 0.316 e. The smallest absolute Gasteiger partial charge is 0.316 e. The van der Waals surface area contributed by atoms with Crippen molar-refractivity contribution in [1.29, 1.82) is 0 Å². The number of carbonyl (C=O) groups excluding carboxylic acids is 4. The Bertz CT molecular complexity index is 1050. The number of aliphatic hydroxyl groups excluding tert-OH is 1. The molecule has 11 heteroatoms. The van der Waals surface area contributed by atoms with Gasteiger partial charge in [0, 0.05) is 36.8 Å². The number of nitrogens with zero attached hydrogens (tertiary/aromatic N) is 1. The van der Waals surface area contributed by atoms with Gasteiger partial charge in [-0.2, -0.15) is 0 Å². The number of carbonyl (C=O) groups is 4. The van der Waals surface area contributed by atoms with Gasteiger partial charge in [0.1, 0.15) is 29.5 Å². The highest BCUT2D eigenvalue weighted by atomic mass is 16.7. The molecular formula is C32H53NO10. The summed E-state index contributed by atoms with van der Waals surface area (Å²) in [6, 6.07) is -0.251. The van der Waals surface area contributed by atoms with Crippen molar-refractivity contribution >= 4 is 23.5 Å². The van der Waals surface area contributed by atoms with Crippen LogP contribution in [0.4, 0.5) is 0 Å². The Morgan fingerprint density at radius 2 is 1.63 bits per heavy atom. The van der Waals surface area contributed by atoms with Crippen LogP contribution in [-0.4, -0.2) is 103 Å². The average molecular weight is 612 g/mol. The van der Waals surface area contributed by atoms with Crippen molar-refractivity contribution < 1.29 is 48.0 Å². The van der Waals surface area contributed by atoms with E-state index >= 15 is 0 Å². The number of fused-ring (bicyclic) bond motifs is 1. The van der Waals surface area contributed by atoms with E-state index in [1.807, 2.05) is 32.8 Å². The predicted molar refractivity (Wildman–Crippen MR) is 157 cm³/mol. The molecule has 3 fully saturated rings. The summed E-state index contributed by atoms with van der Waals surface area (Å²) in [4.78, 5) is 55.9. The number of likely N-dealkylation sites (N-methyl/N-ethyl adjacent to an activating group) is 1. The van der Waals surface area contributed by atoms with E-state index in [9.17, 15) is 24.3 Å². The minimum Gasteiger partial charge on any atom is -0.458 e. The number of methoxy groups -OCH3 is 1. The van der Waals surface area contributed by atoms with Gasteiger partial charge < -0.3 is 33.7 Å². The van der Waals surface area contributed by atoms with Gasteiger partial charge in [0.25, 0.3) is 0 Å². The van der Waals surface area contributed by atoms with E-state index in [0.717, 1.165) is 0 Å². The monoisotopic (exact) mass is 611 g/mol. The van der Waals surface area contributed by atoms with Crippen molar-refractivity contribution in [3.63, 3.8) is 0 Å². The number of aliphatic hydroxyl groups is 1. The van der Waals surface area contributed by atoms with Crippen LogP contribution in [0.25, 0.3) is 0 Å². The molecule has 3 aliphatic rings. The number of cyclic esters (lactones) is 1. The fourth-order valence-electron chi connectivity index (χ4n) is 7.49. The van der Waals surface area contributed by atoms with E-state index in [1.165, 1.54) is 14.0 Å². The standard InChI is InChI=1S/C32H53NO10/c1-12-23-32(8)21(14-24(34)43-32)18(4)25(35)16(2)15-31(7,39-11)28(19(5)26(36)20(6)29(38)41-23)42-30-27(37)22(33(9)10)13-17(3)40-30/h16-23,27-28,30,37H,12-15H2,1-11H3/t16?,17-,18?,19?,20?,21?,22+,23?,27-,28?,30+,31?,32?/m1/s1. The molecule has 0 aromatic heterocycles. The molecule has 9 unspecified atom stereocenters. The molecule has 0 spiro atoms. The maximum atomic E-state index is 14.0. The second kappa shape index (κ2) is 13.6. The number of esters is 2. The summed E-state index contributed by atoms with van der Waals surface area (Å²) in [6.07, 6.45) is -3.06. The zero-order valence-electron chi connectivity index (χ0n) is 27.7. The fraction of sp³-hybridized carbons (Fsp3) is 0.875. The number of hydrogen-bond acceptors (Lipinski definition) is 11. The first-order valence-electron chi connectivity index (χ1n) is 15.6. The normalized spacial score (nSPS) is 45.4. The number of Topliss-reactive ketones (excluding diaryl/α,β-unsaturated/α-hetero) is 2. The Balaban J connectivity index is 2.09. The van der Waals surface area contributed by atoms with Crippen LogP contribution < -0.4 is 0 Å². The van der Waals surface area contributed by atoms with E-state index in [-0.39, 0.29) is 30.8 Å². The highest BCUT2D eigenvalue weighted by Crippen LogP contribution is 2.45. The summed E-state index contributed by atoms with van der Waals surface area (Å²) in [7, 11) is 5.23. The second-order valence-electron chi connectivity index (χ2n) is 13.7. The summed E-state index contributed by atoms with van der Waals surface area (Å²) in [5, 5.41) is 11.2. The van der Waals surface area contributed by atoms with Gasteiger partial charge in [-0.05, 0) is 61.1 Å². The summed E-state index contributed by atoms with van der Waals surface area (Å²) in [5.41, 5.74) is -2.43. The molecule has 43 heavy (non-hydrogen) atoms. The largest absolute Gasteiger partial charge is 0.458 e. The van der Waals surface area contributed by atoms with Gasteiger partial charge in [-0.3, -0.25) is 19.2 Å². The molecule has 3 saturated heterocycles. The quantitative estimate of drug-likeness (QED) is 0.363. The van der Waals surface area contributed by atoms with Crippen LogP contribution >= 0.6 is 0 Å². The van der Waals surface area contributed by atoms with Gasteiger partial charge in [-0.1, -0.05) is 27.7 Å². The van der Waals surface area contributed by atoms with Crippen molar-refractivity contribution in [2.45, 2.75) is 129 Å². The van der Waals surface area contributed by atoms with E-state index in [1.54, 1.807) is 34.6 Å². The van der Waals surface area contributed by atoms with Gasteiger partial charge in [0.15, 0.2) is 12.1 Å². The van der Waals surface area contributed by atoms with Crippen LogP contribution in [-0.2, 0) is 42.9 Å². The topological polar surface area (TPSA) is 138 Å². The zero-order chi connectivity index (χ0) is 32.6. The van der Waals surface area contributed by atoms with Gasteiger partial charge in [-0.25, -0.2) is 0 Å². The van der Waals surface area contributed by atoms with Gasteiger partial charge in [0.2, 0.25) is 0 Å². The van der Waals surface area contributed by atoms with E-state index in [2.05, 4.69) is 0 Å². The summed E-state index contributed by atoms with van der Waals surface area (Å²) >= 11 is 0. The number of ether oxygens (including phenoxy) is 5. The van der Waals surface area contributed by atoms with Crippen LogP contribution in [0.15, 0.2) is 0 Å². The molecule has 0 aromatic carbocycles. The molecule has 3 heterocycles. The van der Waals surface area contributed by atoms with E-state index in [0.29, 0.717) is 12.8 Å². The van der Waals surface area contributed by atoms with Crippen LogP contribution in [0.3, 0.4) is 0 Å². The van der Waals surface area contributed by atoms with Gasteiger partial charge in [-0.15, -0.1) is 0 Å². The minimum atomic E-state index is -1.22. The van der Waals surface area contributed by atoms with Crippen molar-refractivity contribution in [3.8, 4) is 0 Å². The molecule has 3 rings (SSSR count). The average Bonchev–Trinajstić information content (AvgIpc) is 3.27. The fourth-order valence-corrected chi connectivity index (χ4v) is 7.49. The molecule has 11 nitrogen and oxygen atoms in total. The number of rotatable bonds is 5. The molecule has 0 radical (unpaired) electrons. The van der Waals surface area contributed by atoms with E-state index < -0.39 is 83.1 Å². The summed E-state index contributed by atoms with van der Waals surface area (Å²) in [6.45, 7) is 13.9. The Morgan fingerprint density at radius 1 is 1.00 bits per heavy atom. The molecule has 0 bridgehead atoms. The van der Waals surface area contributed by atoms with Gasteiger partial charge in [0.05, 0.1) is 24.2 Å².